The lowest BCUT2D eigenvalue weighted by Gasteiger charge is -2.41. The van der Waals surface area contributed by atoms with Gasteiger partial charge in [-0.05, 0) is 48.1 Å². The van der Waals surface area contributed by atoms with Gasteiger partial charge in [0, 0.05) is 50.1 Å². The van der Waals surface area contributed by atoms with E-state index in [-0.39, 0.29) is 23.9 Å². The topological polar surface area (TPSA) is 74.3 Å². The zero-order valence-electron chi connectivity index (χ0n) is 22.4. The second-order valence-electron chi connectivity index (χ2n) is 10.4. The van der Waals surface area contributed by atoms with E-state index in [2.05, 4.69) is 45.9 Å². The molecule has 1 aliphatic heterocycles. The van der Waals surface area contributed by atoms with Gasteiger partial charge in [-0.2, -0.15) is 0 Å². The summed E-state index contributed by atoms with van der Waals surface area (Å²) in [6.07, 6.45) is 4.83. The number of rotatable bonds is 9. The van der Waals surface area contributed by atoms with Crippen molar-refractivity contribution in [2.45, 2.75) is 57.3 Å². The van der Waals surface area contributed by atoms with Crippen LogP contribution < -0.4 is 10.6 Å². The SMILES string of the molecule is CC(=O)N[C@H](Cc1ccccc1)C(=O)N1CCC(NCc2ccnc3ccccc23)CC1Cc1ccccc1. The standard InChI is InChI=1S/C33H36N4O2/c1-24(38)36-32(21-26-12-6-3-7-13-26)33(39)37-19-17-28(22-29(37)20-25-10-4-2-5-11-25)35-23-27-16-18-34-31-15-9-8-14-30(27)31/h2-16,18,28-29,32,35H,17,19-23H2,1H3,(H,36,38)/t28?,29?,32-/m1/s1. The van der Waals surface area contributed by atoms with Crippen molar-refractivity contribution in [2.24, 2.45) is 0 Å². The highest BCUT2D eigenvalue weighted by Gasteiger charge is 2.35. The summed E-state index contributed by atoms with van der Waals surface area (Å²) in [6, 6.07) is 30.3. The maximum atomic E-state index is 14.0. The molecule has 200 valence electrons. The van der Waals surface area contributed by atoms with Crippen LogP contribution in [0.15, 0.2) is 97.2 Å². The van der Waals surface area contributed by atoms with Gasteiger partial charge in [0.1, 0.15) is 6.04 Å². The van der Waals surface area contributed by atoms with E-state index in [4.69, 9.17) is 0 Å². The first-order chi connectivity index (χ1) is 19.1. The molecule has 0 aliphatic carbocycles. The molecule has 5 rings (SSSR count). The number of amides is 2. The minimum absolute atomic E-state index is 0.00596. The lowest BCUT2D eigenvalue weighted by molar-refractivity contribution is -0.139. The smallest absolute Gasteiger partial charge is 0.245 e. The third kappa shape index (κ3) is 6.89. The quantitative estimate of drug-likeness (QED) is 0.336. The van der Waals surface area contributed by atoms with Gasteiger partial charge in [-0.15, -0.1) is 0 Å². The maximum Gasteiger partial charge on any atom is 0.245 e. The molecule has 39 heavy (non-hydrogen) atoms. The molecule has 2 amide bonds. The summed E-state index contributed by atoms with van der Waals surface area (Å²) >= 11 is 0. The fourth-order valence-electron chi connectivity index (χ4n) is 5.67. The summed E-state index contributed by atoms with van der Waals surface area (Å²) in [4.78, 5) is 32.5. The summed E-state index contributed by atoms with van der Waals surface area (Å²) in [5, 5.41) is 7.87. The van der Waals surface area contributed by atoms with Crippen LogP contribution in [-0.2, 0) is 29.0 Å². The summed E-state index contributed by atoms with van der Waals surface area (Å²) < 4.78 is 0. The number of carbonyl (C=O) groups excluding carboxylic acids is 2. The predicted octanol–water partition coefficient (Wildman–Crippen LogP) is 4.67. The first-order valence-electron chi connectivity index (χ1n) is 13.8. The summed E-state index contributed by atoms with van der Waals surface area (Å²) in [5.74, 6) is -0.196. The number of likely N-dealkylation sites (tertiary alicyclic amines) is 1. The minimum Gasteiger partial charge on any atom is -0.344 e. The Bertz CT molecular complexity index is 1390. The van der Waals surface area contributed by atoms with Crippen molar-refractivity contribution in [1.82, 2.24) is 20.5 Å². The third-order valence-electron chi connectivity index (χ3n) is 7.59. The Morgan fingerprint density at radius 2 is 1.62 bits per heavy atom. The van der Waals surface area contributed by atoms with Crippen molar-refractivity contribution in [3.05, 3.63) is 114 Å². The number of carbonyl (C=O) groups is 2. The Kier molecular flexibility index (Phi) is 8.64. The van der Waals surface area contributed by atoms with Crippen LogP contribution in [0.4, 0.5) is 0 Å². The van der Waals surface area contributed by atoms with Crippen molar-refractivity contribution in [1.29, 1.82) is 0 Å². The molecule has 6 heteroatoms. The van der Waals surface area contributed by atoms with Crippen LogP contribution in [0.5, 0.6) is 0 Å². The first kappa shape index (κ1) is 26.6. The van der Waals surface area contributed by atoms with Gasteiger partial charge in [0.25, 0.3) is 0 Å². The zero-order chi connectivity index (χ0) is 27.0. The summed E-state index contributed by atoms with van der Waals surface area (Å²) in [7, 11) is 0. The molecule has 1 aromatic heterocycles. The molecular formula is C33H36N4O2. The molecule has 0 saturated carbocycles. The number of hydrogen-bond acceptors (Lipinski definition) is 4. The lowest BCUT2D eigenvalue weighted by atomic mass is 9.90. The van der Waals surface area contributed by atoms with Crippen LogP contribution in [0.2, 0.25) is 0 Å². The molecule has 6 nitrogen and oxygen atoms in total. The Balaban J connectivity index is 1.33. The van der Waals surface area contributed by atoms with Crippen LogP contribution in [0, 0.1) is 0 Å². The van der Waals surface area contributed by atoms with E-state index in [0.717, 1.165) is 36.9 Å². The van der Waals surface area contributed by atoms with Gasteiger partial charge in [0.05, 0.1) is 5.52 Å². The number of piperidine rings is 1. The average Bonchev–Trinajstić information content (AvgIpc) is 2.96. The zero-order valence-corrected chi connectivity index (χ0v) is 22.4. The number of pyridine rings is 1. The monoisotopic (exact) mass is 520 g/mol. The Labute approximate surface area is 230 Å². The van der Waals surface area contributed by atoms with E-state index in [1.54, 1.807) is 0 Å². The molecule has 0 spiro atoms. The second-order valence-corrected chi connectivity index (χ2v) is 10.4. The second kappa shape index (κ2) is 12.7. The van der Waals surface area contributed by atoms with E-state index >= 15 is 0 Å². The fraction of sp³-hybridized carbons (Fsp3) is 0.303. The number of para-hydroxylation sites is 1. The third-order valence-corrected chi connectivity index (χ3v) is 7.59. The normalized spacial score (nSPS) is 18.0. The van der Waals surface area contributed by atoms with E-state index < -0.39 is 6.04 Å². The summed E-state index contributed by atoms with van der Waals surface area (Å²) in [5.41, 5.74) is 4.47. The van der Waals surface area contributed by atoms with Gasteiger partial charge in [-0.3, -0.25) is 14.6 Å². The van der Waals surface area contributed by atoms with E-state index in [1.165, 1.54) is 23.4 Å². The highest BCUT2D eigenvalue weighted by Crippen LogP contribution is 2.24. The number of aromatic nitrogens is 1. The van der Waals surface area contributed by atoms with Crippen molar-refractivity contribution >= 4 is 22.7 Å². The molecule has 0 bridgehead atoms. The first-order valence-corrected chi connectivity index (χ1v) is 13.8. The molecule has 3 atom stereocenters. The minimum atomic E-state index is -0.587. The Morgan fingerprint density at radius 3 is 2.36 bits per heavy atom. The average molecular weight is 521 g/mol. The predicted molar refractivity (Wildman–Crippen MR) is 155 cm³/mol. The molecule has 4 aromatic rings. The van der Waals surface area contributed by atoms with Gasteiger partial charge in [0.2, 0.25) is 11.8 Å². The van der Waals surface area contributed by atoms with Gasteiger partial charge in [0.15, 0.2) is 0 Å². The molecule has 0 radical (unpaired) electrons. The molecule has 2 heterocycles. The van der Waals surface area contributed by atoms with Gasteiger partial charge < -0.3 is 15.5 Å². The fourth-order valence-corrected chi connectivity index (χ4v) is 5.67. The van der Waals surface area contributed by atoms with Crippen LogP contribution in [0.1, 0.15) is 36.5 Å². The molecule has 2 unspecified atom stereocenters. The highest BCUT2D eigenvalue weighted by atomic mass is 16.2. The maximum absolute atomic E-state index is 14.0. The molecular weight excluding hydrogens is 484 g/mol. The molecule has 2 N–H and O–H groups in total. The molecule has 1 saturated heterocycles. The molecule has 1 fully saturated rings. The van der Waals surface area contributed by atoms with Crippen molar-refractivity contribution in [3.8, 4) is 0 Å². The summed E-state index contributed by atoms with van der Waals surface area (Å²) in [6.45, 7) is 2.88. The van der Waals surface area contributed by atoms with Gasteiger partial charge >= 0.3 is 0 Å². The van der Waals surface area contributed by atoms with Crippen molar-refractivity contribution in [3.63, 3.8) is 0 Å². The Hall–Kier alpha value is -4.03. The number of fused-ring (bicyclic) bond motifs is 1. The molecule has 3 aromatic carbocycles. The van der Waals surface area contributed by atoms with Crippen LogP contribution in [-0.4, -0.2) is 46.4 Å². The Morgan fingerprint density at radius 1 is 0.923 bits per heavy atom. The van der Waals surface area contributed by atoms with E-state index in [9.17, 15) is 9.59 Å². The van der Waals surface area contributed by atoms with Gasteiger partial charge in [-0.25, -0.2) is 0 Å². The van der Waals surface area contributed by atoms with Crippen molar-refractivity contribution in [2.75, 3.05) is 6.54 Å². The number of nitrogens with zero attached hydrogens (tertiary/aromatic N) is 2. The highest BCUT2D eigenvalue weighted by molar-refractivity contribution is 5.87. The van der Waals surface area contributed by atoms with E-state index in [0.29, 0.717) is 13.0 Å². The van der Waals surface area contributed by atoms with Crippen LogP contribution in [0.25, 0.3) is 10.9 Å². The van der Waals surface area contributed by atoms with Crippen LogP contribution >= 0.6 is 0 Å². The number of benzene rings is 3. The van der Waals surface area contributed by atoms with E-state index in [1.807, 2.05) is 71.8 Å². The number of nitrogens with one attached hydrogen (secondary N) is 2. The largest absolute Gasteiger partial charge is 0.344 e. The lowest BCUT2D eigenvalue weighted by Crippen LogP contribution is -2.57. The molecule has 1 aliphatic rings. The number of hydrogen-bond donors (Lipinski definition) is 2. The van der Waals surface area contributed by atoms with Crippen LogP contribution in [0.3, 0.4) is 0 Å². The van der Waals surface area contributed by atoms with Crippen molar-refractivity contribution < 1.29 is 9.59 Å². The van der Waals surface area contributed by atoms with Gasteiger partial charge in [-0.1, -0.05) is 78.9 Å².